The number of carbonyl (C=O) groups excluding carboxylic acids is 1. The van der Waals surface area contributed by atoms with Gasteiger partial charge in [-0.1, -0.05) is 0 Å². The molecule has 0 spiro atoms. The zero-order chi connectivity index (χ0) is 14.7. The fourth-order valence-corrected chi connectivity index (χ4v) is 2.39. The van der Waals surface area contributed by atoms with Crippen molar-refractivity contribution >= 4 is 11.9 Å². The largest absolute Gasteiger partial charge is 0.480 e. The maximum atomic E-state index is 11.9. The van der Waals surface area contributed by atoms with Crippen molar-refractivity contribution in [1.82, 2.24) is 10.2 Å². The standard InChI is InChI=1S/C13H18N2O5/c1-8(11-3-2-4-20-11)14-12(17)7-15-6-9(16)5-10(15)13(18)19/h2-4,8-10,16H,5-7H2,1H3,(H,14,17)(H,18,19). The predicted octanol–water partition coefficient (Wildman–Crippen LogP) is -0.0234. The minimum atomic E-state index is -1.02. The topological polar surface area (TPSA) is 103 Å². The molecule has 2 heterocycles. The highest BCUT2D eigenvalue weighted by Crippen LogP contribution is 2.18. The highest BCUT2D eigenvalue weighted by molar-refractivity contribution is 5.80. The lowest BCUT2D eigenvalue weighted by Crippen LogP contribution is -2.43. The second-order valence-corrected chi connectivity index (χ2v) is 4.98. The Bertz CT molecular complexity index is 473. The fraction of sp³-hybridized carbons (Fsp3) is 0.538. The average molecular weight is 282 g/mol. The molecule has 0 radical (unpaired) electrons. The molecule has 0 bridgehead atoms. The van der Waals surface area contributed by atoms with Crippen molar-refractivity contribution in [2.45, 2.75) is 31.5 Å². The zero-order valence-electron chi connectivity index (χ0n) is 11.2. The van der Waals surface area contributed by atoms with Gasteiger partial charge >= 0.3 is 5.97 Å². The third-order valence-electron chi connectivity index (χ3n) is 3.36. The van der Waals surface area contributed by atoms with Gasteiger partial charge in [-0.25, -0.2) is 0 Å². The Kier molecular flexibility index (Phi) is 4.41. The van der Waals surface area contributed by atoms with E-state index in [0.29, 0.717) is 5.76 Å². The number of β-amino-alcohol motifs (C(OH)–C–C–N with tert-alkyl or cyclic N) is 1. The third-order valence-corrected chi connectivity index (χ3v) is 3.36. The van der Waals surface area contributed by atoms with Crippen molar-refractivity contribution in [3.8, 4) is 0 Å². The Morgan fingerprint density at radius 1 is 1.60 bits per heavy atom. The first-order chi connectivity index (χ1) is 9.47. The van der Waals surface area contributed by atoms with E-state index in [0.717, 1.165) is 0 Å². The first-order valence-corrected chi connectivity index (χ1v) is 6.45. The summed E-state index contributed by atoms with van der Waals surface area (Å²) in [5.41, 5.74) is 0. The number of rotatable bonds is 5. The number of likely N-dealkylation sites (tertiary alicyclic amines) is 1. The van der Waals surface area contributed by atoms with Gasteiger partial charge in [-0.3, -0.25) is 14.5 Å². The van der Waals surface area contributed by atoms with Crippen LogP contribution in [0, 0.1) is 0 Å². The maximum absolute atomic E-state index is 11.9. The van der Waals surface area contributed by atoms with E-state index in [1.807, 2.05) is 0 Å². The van der Waals surface area contributed by atoms with Gasteiger partial charge in [-0.2, -0.15) is 0 Å². The van der Waals surface area contributed by atoms with E-state index >= 15 is 0 Å². The monoisotopic (exact) mass is 282 g/mol. The molecule has 1 aromatic rings. The molecule has 1 aromatic heterocycles. The molecular weight excluding hydrogens is 264 g/mol. The Morgan fingerprint density at radius 3 is 2.95 bits per heavy atom. The molecule has 0 aromatic carbocycles. The summed E-state index contributed by atoms with van der Waals surface area (Å²) in [7, 11) is 0. The molecule has 1 fully saturated rings. The van der Waals surface area contributed by atoms with Gasteiger partial charge in [0.25, 0.3) is 0 Å². The minimum absolute atomic E-state index is 0.0565. The van der Waals surface area contributed by atoms with Gasteiger partial charge in [0.2, 0.25) is 5.91 Å². The lowest BCUT2D eigenvalue weighted by Gasteiger charge is -2.21. The molecule has 20 heavy (non-hydrogen) atoms. The average Bonchev–Trinajstić information content (AvgIpc) is 2.98. The Balaban J connectivity index is 1.89. The summed E-state index contributed by atoms with van der Waals surface area (Å²) in [6.07, 6.45) is 0.970. The number of carboxylic acid groups (broad SMARTS) is 1. The number of hydrogen-bond donors (Lipinski definition) is 3. The van der Waals surface area contributed by atoms with Gasteiger partial charge in [0.1, 0.15) is 11.8 Å². The number of nitrogens with zero attached hydrogens (tertiary/aromatic N) is 1. The van der Waals surface area contributed by atoms with E-state index in [9.17, 15) is 14.7 Å². The zero-order valence-corrected chi connectivity index (χ0v) is 11.2. The molecule has 7 nitrogen and oxygen atoms in total. The molecule has 1 amide bonds. The second-order valence-electron chi connectivity index (χ2n) is 4.98. The van der Waals surface area contributed by atoms with Crippen LogP contribution in [0.5, 0.6) is 0 Å². The predicted molar refractivity (Wildman–Crippen MR) is 68.9 cm³/mol. The highest BCUT2D eigenvalue weighted by Gasteiger charge is 2.36. The van der Waals surface area contributed by atoms with Gasteiger partial charge in [-0.15, -0.1) is 0 Å². The lowest BCUT2D eigenvalue weighted by atomic mass is 10.2. The molecule has 0 aliphatic carbocycles. The molecule has 3 atom stereocenters. The Labute approximate surface area is 116 Å². The number of aliphatic carboxylic acids is 1. The van der Waals surface area contributed by atoms with Crippen molar-refractivity contribution in [3.63, 3.8) is 0 Å². The minimum Gasteiger partial charge on any atom is -0.480 e. The molecule has 110 valence electrons. The van der Waals surface area contributed by atoms with Crippen LogP contribution in [0.15, 0.2) is 22.8 Å². The molecule has 1 saturated heterocycles. The van der Waals surface area contributed by atoms with Gasteiger partial charge in [0.15, 0.2) is 0 Å². The van der Waals surface area contributed by atoms with E-state index in [1.54, 1.807) is 19.1 Å². The van der Waals surface area contributed by atoms with Crippen LogP contribution >= 0.6 is 0 Å². The molecule has 7 heteroatoms. The van der Waals surface area contributed by atoms with Crippen LogP contribution in [-0.4, -0.2) is 52.2 Å². The number of aliphatic hydroxyl groups is 1. The van der Waals surface area contributed by atoms with Crippen LogP contribution in [0.2, 0.25) is 0 Å². The number of carboxylic acids is 1. The van der Waals surface area contributed by atoms with Crippen molar-refractivity contribution in [1.29, 1.82) is 0 Å². The Morgan fingerprint density at radius 2 is 2.35 bits per heavy atom. The van der Waals surface area contributed by atoms with Crippen LogP contribution in [0.25, 0.3) is 0 Å². The van der Waals surface area contributed by atoms with E-state index in [4.69, 9.17) is 9.52 Å². The van der Waals surface area contributed by atoms with Crippen LogP contribution < -0.4 is 5.32 Å². The first kappa shape index (κ1) is 14.5. The Hall–Kier alpha value is -1.86. The van der Waals surface area contributed by atoms with Crippen molar-refractivity contribution in [2.24, 2.45) is 0 Å². The van der Waals surface area contributed by atoms with Gasteiger partial charge < -0.3 is 19.9 Å². The summed E-state index contributed by atoms with van der Waals surface area (Å²) >= 11 is 0. The van der Waals surface area contributed by atoms with Crippen molar-refractivity contribution in [3.05, 3.63) is 24.2 Å². The second kappa shape index (κ2) is 6.06. The molecule has 3 N–H and O–H groups in total. The lowest BCUT2D eigenvalue weighted by molar-refractivity contribution is -0.142. The van der Waals surface area contributed by atoms with E-state index in [2.05, 4.69) is 5.32 Å². The van der Waals surface area contributed by atoms with Crippen molar-refractivity contribution < 1.29 is 24.2 Å². The molecule has 1 aliphatic rings. The molecule has 3 unspecified atom stereocenters. The molecule has 1 aliphatic heterocycles. The molecular formula is C13H18N2O5. The number of carbonyl (C=O) groups is 2. The maximum Gasteiger partial charge on any atom is 0.321 e. The summed E-state index contributed by atoms with van der Waals surface area (Å²) in [5.74, 6) is -0.683. The van der Waals surface area contributed by atoms with Crippen molar-refractivity contribution in [2.75, 3.05) is 13.1 Å². The summed E-state index contributed by atoms with van der Waals surface area (Å²) < 4.78 is 5.18. The SMILES string of the molecule is CC(NC(=O)CN1CC(O)CC1C(=O)O)c1ccco1. The van der Waals surface area contributed by atoms with Gasteiger partial charge in [-0.05, 0) is 19.1 Å². The summed E-state index contributed by atoms with van der Waals surface area (Å²) in [5, 5.41) is 21.3. The fourth-order valence-electron chi connectivity index (χ4n) is 2.39. The number of hydrogen-bond acceptors (Lipinski definition) is 5. The third kappa shape index (κ3) is 3.37. The number of aliphatic hydroxyl groups excluding tert-OH is 1. The van der Waals surface area contributed by atoms with Crippen LogP contribution in [0.1, 0.15) is 25.1 Å². The highest BCUT2D eigenvalue weighted by atomic mass is 16.4. The quantitative estimate of drug-likeness (QED) is 0.701. The summed E-state index contributed by atoms with van der Waals surface area (Å²) in [4.78, 5) is 24.4. The van der Waals surface area contributed by atoms with E-state index in [-0.39, 0.29) is 31.5 Å². The van der Waals surface area contributed by atoms with E-state index < -0.39 is 18.1 Å². The molecule has 0 saturated carbocycles. The first-order valence-electron chi connectivity index (χ1n) is 6.45. The van der Waals surface area contributed by atoms with E-state index in [1.165, 1.54) is 11.2 Å². The summed E-state index contributed by atoms with van der Waals surface area (Å²) in [6, 6.07) is 2.39. The van der Waals surface area contributed by atoms with Crippen LogP contribution in [-0.2, 0) is 9.59 Å². The van der Waals surface area contributed by atoms with Gasteiger partial charge in [0.05, 0.1) is 25.0 Å². The van der Waals surface area contributed by atoms with Crippen LogP contribution in [0.4, 0.5) is 0 Å². The van der Waals surface area contributed by atoms with Crippen LogP contribution in [0.3, 0.4) is 0 Å². The smallest absolute Gasteiger partial charge is 0.321 e. The normalized spacial score (nSPS) is 24.5. The number of nitrogens with one attached hydrogen (secondary N) is 1. The number of amides is 1. The summed E-state index contributed by atoms with van der Waals surface area (Å²) in [6.45, 7) is 1.92. The van der Waals surface area contributed by atoms with Gasteiger partial charge in [0, 0.05) is 13.0 Å². The number of furan rings is 1. The molecule has 2 rings (SSSR count).